The van der Waals surface area contributed by atoms with Gasteiger partial charge in [0.15, 0.2) is 0 Å². The van der Waals surface area contributed by atoms with E-state index < -0.39 is 0 Å². The topological polar surface area (TPSA) is 15.6 Å². The summed E-state index contributed by atoms with van der Waals surface area (Å²) in [4.78, 5) is 6.99. The van der Waals surface area contributed by atoms with Crippen molar-refractivity contribution in [1.82, 2.24) is 4.90 Å². The average Bonchev–Trinajstić information content (AvgIpc) is 2.03. The van der Waals surface area contributed by atoms with E-state index in [4.69, 9.17) is 0 Å². The molecular formula is C11H20N2. The minimum atomic E-state index is 0.405. The van der Waals surface area contributed by atoms with E-state index in [0.717, 1.165) is 13.0 Å². The van der Waals surface area contributed by atoms with Crippen molar-refractivity contribution < 1.29 is 0 Å². The molecule has 0 spiro atoms. The smallest absolute Gasteiger partial charge is 0.103 e. The molecule has 2 heteroatoms. The Labute approximate surface area is 81.3 Å². The molecule has 0 amide bonds. The number of amidine groups is 1. The van der Waals surface area contributed by atoms with Crippen molar-refractivity contribution in [3.8, 4) is 0 Å². The lowest BCUT2D eigenvalue weighted by molar-refractivity contribution is 0.370. The Kier molecular flexibility index (Phi) is 3.52. The Balaban J connectivity index is 2.75. The highest BCUT2D eigenvalue weighted by molar-refractivity contribution is 5.85. The first-order chi connectivity index (χ1) is 6.11. The molecule has 1 heterocycles. The summed E-state index contributed by atoms with van der Waals surface area (Å²) in [5, 5.41) is 0. The highest BCUT2D eigenvalue weighted by atomic mass is 15.2. The Morgan fingerprint density at radius 1 is 1.23 bits per heavy atom. The molecule has 2 nitrogen and oxygen atoms in total. The van der Waals surface area contributed by atoms with Gasteiger partial charge in [-0.05, 0) is 27.7 Å². The van der Waals surface area contributed by atoms with Gasteiger partial charge in [0.2, 0.25) is 0 Å². The summed E-state index contributed by atoms with van der Waals surface area (Å²) in [5.41, 5.74) is 0. The quantitative estimate of drug-likeness (QED) is 0.596. The Morgan fingerprint density at radius 3 is 2.46 bits per heavy atom. The van der Waals surface area contributed by atoms with Crippen LogP contribution in [0.15, 0.2) is 17.1 Å². The predicted molar refractivity (Wildman–Crippen MR) is 58.2 cm³/mol. The normalized spacial score (nSPS) is 20.8. The van der Waals surface area contributed by atoms with Gasteiger partial charge in [-0.3, -0.25) is 4.99 Å². The molecule has 1 aliphatic rings. The number of nitrogens with zero attached hydrogens (tertiary/aromatic N) is 2. The van der Waals surface area contributed by atoms with Crippen molar-refractivity contribution in [2.75, 3.05) is 6.54 Å². The van der Waals surface area contributed by atoms with Gasteiger partial charge in [0.1, 0.15) is 5.84 Å². The van der Waals surface area contributed by atoms with E-state index in [1.54, 1.807) is 0 Å². The first-order valence-electron chi connectivity index (χ1n) is 5.09. The number of hydrogen-bond acceptors (Lipinski definition) is 1. The summed E-state index contributed by atoms with van der Waals surface area (Å²) in [6.07, 6.45) is 5.43. The SMILES string of the molecule is CC(C)N=C1CC=CCN1C(C)C. The molecule has 0 bridgehead atoms. The zero-order chi connectivity index (χ0) is 9.84. The van der Waals surface area contributed by atoms with Crippen molar-refractivity contribution in [2.45, 2.75) is 46.2 Å². The van der Waals surface area contributed by atoms with Gasteiger partial charge in [-0.2, -0.15) is 0 Å². The van der Waals surface area contributed by atoms with Gasteiger partial charge in [0, 0.05) is 25.0 Å². The van der Waals surface area contributed by atoms with Crippen LogP contribution in [0.25, 0.3) is 0 Å². The second kappa shape index (κ2) is 4.45. The molecule has 0 unspecified atom stereocenters. The molecule has 0 aliphatic carbocycles. The van der Waals surface area contributed by atoms with Crippen LogP contribution in [0.1, 0.15) is 34.1 Å². The Bertz CT molecular complexity index is 214. The molecule has 0 N–H and O–H groups in total. The van der Waals surface area contributed by atoms with E-state index in [1.807, 2.05) is 0 Å². The van der Waals surface area contributed by atoms with Gasteiger partial charge in [-0.15, -0.1) is 0 Å². The van der Waals surface area contributed by atoms with Crippen molar-refractivity contribution >= 4 is 5.84 Å². The van der Waals surface area contributed by atoms with Crippen molar-refractivity contribution in [2.24, 2.45) is 4.99 Å². The fraction of sp³-hybridized carbons (Fsp3) is 0.727. The van der Waals surface area contributed by atoms with Crippen molar-refractivity contribution in [3.05, 3.63) is 12.2 Å². The monoisotopic (exact) mass is 180 g/mol. The maximum Gasteiger partial charge on any atom is 0.103 e. The maximum atomic E-state index is 4.63. The van der Waals surface area contributed by atoms with E-state index in [-0.39, 0.29) is 0 Å². The Morgan fingerprint density at radius 2 is 1.92 bits per heavy atom. The second-order valence-corrected chi connectivity index (χ2v) is 4.06. The van der Waals surface area contributed by atoms with Crippen LogP contribution in [0.3, 0.4) is 0 Å². The highest BCUT2D eigenvalue weighted by Crippen LogP contribution is 2.10. The lowest BCUT2D eigenvalue weighted by Gasteiger charge is -2.31. The van der Waals surface area contributed by atoms with Gasteiger partial charge in [-0.25, -0.2) is 0 Å². The van der Waals surface area contributed by atoms with E-state index in [9.17, 15) is 0 Å². The third kappa shape index (κ3) is 2.87. The summed E-state index contributed by atoms with van der Waals surface area (Å²) >= 11 is 0. The van der Waals surface area contributed by atoms with Crippen LogP contribution in [-0.4, -0.2) is 29.4 Å². The number of rotatable bonds is 2. The van der Waals surface area contributed by atoms with E-state index >= 15 is 0 Å². The van der Waals surface area contributed by atoms with Crippen LogP contribution in [0.4, 0.5) is 0 Å². The summed E-state index contributed by atoms with van der Waals surface area (Å²) in [6, 6.07) is 0.963. The first-order valence-corrected chi connectivity index (χ1v) is 5.09. The lowest BCUT2D eigenvalue weighted by atomic mass is 10.2. The third-order valence-corrected chi connectivity index (χ3v) is 2.13. The molecule has 0 atom stereocenters. The second-order valence-electron chi connectivity index (χ2n) is 4.06. The van der Waals surface area contributed by atoms with Gasteiger partial charge in [0.25, 0.3) is 0 Å². The summed E-state index contributed by atoms with van der Waals surface area (Å²) in [6.45, 7) is 9.71. The summed E-state index contributed by atoms with van der Waals surface area (Å²) in [5.74, 6) is 1.24. The molecule has 0 fully saturated rings. The minimum absolute atomic E-state index is 0.405. The van der Waals surface area contributed by atoms with Gasteiger partial charge in [-0.1, -0.05) is 12.2 Å². The molecule has 1 rings (SSSR count). The van der Waals surface area contributed by atoms with E-state index in [2.05, 4.69) is 49.7 Å². The van der Waals surface area contributed by atoms with Crippen LogP contribution in [0, 0.1) is 0 Å². The van der Waals surface area contributed by atoms with Crippen LogP contribution in [-0.2, 0) is 0 Å². The van der Waals surface area contributed by atoms with Gasteiger partial charge >= 0.3 is 0 Å². The van der Waals surface area contributed by atoms with Crippen LogP contribution < -0.4 is 0 Å². The maximum absolute atomic E-state index is 4.63. The fourth-order valence-corrected chi connectivity index (χ4v) is 1.53. The van der Waals surface area contributed by atoms with Gasteiger partial charge < -0.3 is 4.90 Å². The number of hydrogen-bond donors (Lipinski definition) is 0. The van der Waals surface area contributed by atoms with E-state index in [1.165, 1.54) is 5.84 Å². The molecule has 0 saturated heterocycles. The van der Waals surface area contributed by atoms with Crippen molar-refractivity contribution in [1.29, 1.82) is 0 Å². The zero-order valence-electron chi connectivity index (χ0n) is 9.12. The molecule has 13 heavy (non-hydrogen) atoms. The molecule has 0 aromatic heterocycles. The Hall–Kier alpha value is -0.790. The summed E-state index contributed by atoms with van der Waals surface area (Å²) < 4.78 is 0. The minimum Gasteiger partial charge on any atom is -0.354 e. The predicted octanol–water partition coefficient (Wildman–Crippen LogP) is 2.46. The van der Waals surface area contributed by atoms with E-state index in [0.29, 0.717) is 12.1 Å². The van der Waals surface area contributed by atoms with Crippen LogP contribution in [0.2, 0.25) is 0 Å². The average molecular weight is 180 g/mol. The van der Waals surface area contributed by atoms with Crippen LogP contribution >= 0.6 is 0 Å². The van der Waals surface area contributed by atoms with Crippen molar-refractivity contribution in [3.63, 3.8) is 0 Å². The lowest BCUT2D eigenvalue weighted by Crippen LogP contribution is -2.39. The summed E-state index contributed by atoms with van der Waals surface area (Å²) in [7, 11) is 0. The molecule has 0 aromatic carbocycles. The largest absolute Gasteiger partial charge is 0.354 e. The molecular weight excluding hydrogens is 160 g/mol. The first kappa shape index (κ1) is 10.3. The molecule has 0 saturated carbocycles. The molecule has 0 aromatic rings. The van der Waals surface area contributed by atoms with Crippen LogP contribution in [0.5, 0.6) is 0 Å². The van der Waals surface area contributed by atoms with Gasteiger partial charge in [0.05, 0.1) is 0 Å². The molecule has 0 radical (unpaired) electrons. The molecule has 74 valence electrons. The third-order valence-electron chi connectivity index (χ3n) is 2.13. The molecule has 1 aliphatic heterocycles. The standard InChI is InChI=1S/C11H20N2/c1-9(2)12-11-7-5-6-8-13(11)10(3)4/h5-6,9-10H,7-8H2,1-4H3. The highest BCUT2D eigenvalue weighted by Gasteiger charge is 2.15. The zero-order valence-corrected chi connectivity index (χ0v) is 9.12. The fourth-order valence-electron chi connectivity index (χ4n) is 1.53. The number of aliphatic imine (C=N–C) groups is 1.